The van der Waals surface area contributed by atoms with Crippen LogP contribution in [0.1, 0.15) is 30.1 Å². The van der Waals surface area contributed by atoms with Crippen molar-refractivity contribution in [2.45, 2.75) is 25.8 Å². The van der Waals surface area contributed by atoms with E-state index >= 15 is 0 Å². The van der Waals surface area contributed by atoms with Gasteiger partial charge in [-0.15, -0.1) is 0 Å². The number of carbonyl (C=O) groups excluding carboxylic acids is 1. The molecule has 1 atom stereocenters. The van der Waals surface area contributed by atoms with Crippen molar-refractivity contribution in [3.8, 4) is 0 Å². The van der Waals surface area contributed by atoms with Crippen LogP contribution in [0.3, 0.4) is 0 Å². The van der Waals surface area contributed by atoms with Gasteiger partial charge in [0.1, 0.15) is 0 Å². The molecule has 1 heterocycles. The fraction of sp³-hybridized carbons (Fsp3) is 0.533. The van der Waals surface area contributed by atoms with E-state index in [2.05, 4.69) is 17.1 Å². The summed E-state index contributed by atoms with van der Waals surface area (Å²) in [7, 11) is 1.38. The van der Waals surface area contributed by atoms with Crippen molar-refractivity contribution in [1.29, 1.82) is 0 Å². The van der Waals surface area contributed by atoms with Crippen LogP contribution < -0.4 is 11.1 Å². The van der Waals surface area contributed by atoms with Crippen LogP contribution in [0.25, 0.3) is 0 Å². The zero-order chi connectivity index (χ0) is 14.5. The minimum atomic E-state index is -0.347. The number of nitrogens with two attached hydrogens (primary N) is 1. The number of carbonyl (C=O) groups is 1. The minimum Gasteiger partial charge on any atom is -0.465 e. The van der Waals surface area contributed by atoms with Crippen LogP contribution in [-0.2, 0) is 4.74 Å². The average Bonchev–Trinajstić information content (AvgIpc) is 2.93. The Morgan fingerprint density at radius 1 is 1.45 bits per heavy atom. The summed E-state index contributed by atoms with van der Waals surface area (Å²) in [5.41, 5.74) is 7.91. The van der Waals surface area contributed by atoms with E-state index in [4.69, 9.17) is 10.5 Å². The van der Waals surface area contributed by atoms with Crippen molar-refractivity contribution < 1.29 is 9.53 Å². The Balaban J connectivity index is 2.01. The van der Waals surface area contributed by atoms with Crippen molar-refractivity contribution in [3.63, 3.8) is 0 Å². The number of nitrogens with zero attached hydrogens (tertiary/aromatic N) is 1. The van der Waals surface area contributed by atoms with Gasteiger partial charge in [0, 0.05) is 12.6 Å². The molecule has 1 fully saturated rings. The van der Waals surface area contributed by atoms with Gasteiger partial charge in [-0.2, -0.15) is 0 Å². The van der Waals surface area contributed by atoms with Crippen LogP contribution >= 0.6 is 0 Å². The maximum atomic E-state index is 11.5. The lowest BCUT2D eigenvalue weighted by Crippen LogP contribution is -2.33. The first-order chi connectivity index (χ1) is 9.60. The smallest absolute Gasteiger partial charge is 0.337 e. The Morgan fingerprint density at radius 2 is 2.15 bits per heavy atom. The topological polar surface area (TPSA) is 67.6 Å². The first kappa shape index (κ1) is 14.7. The highest BCUT2D eigenvalue weighted by molar-refractivity contribution is 5.91. The van der Waals surface area contributed by atoms with E-state index < -0.39 is 0 Å². The molecule has 0 spiro atoms. The molecule has 0 saturated carbocycles. The molecule has 1 aromatic rings. The normalized spacial score (nSPS) is 16.9. The van der Waals surface area contributed by atoms with E-state index in [9.17, 15) is 4.79 Å². The maximum absolute atomic E-state index is 11.5. The molecule has 0 bridgehead atoms. The second-order valence-electron chi connectivity index (χ2n) is 5.35. The van der Waals surface area contributed by atoms with Gasteiger partial charge in [-0.3, -0.25) is 0 Å². The number of esters is 1. The number of nitrogens with one attached hydrogen (secondary N) is 1. The molecule has 1 saturated heterocycles. The largest absolute Gasteiger partial charge is 0.465 e. The molecule has 1 aromatic carbocycles. The van der Waals surface area contributed by atoms with Crippen LogP contribution in [0.2, 0.25) is 0 Å². The molecule has 1 unspecified atom stereocenters. The van der Waals surface area contributed by atoms with Gasteiger partial charge in [0.2, 0.25) is 0 Å². The van der Waals surface area contributed by atoms with Crippen LogP contribution in [0.15, 0.2) is 18.2 Å². The summed E-state index contributed by atoms with van der Waals surface area (Å²) in [6.45, 7) is 5.46. The number of nitrogen functional groups attached to an aromatic ring is 1. The zero-order valence-electron chi connectivity index (χ0n) is 12.2. The van der Waals surface area contributed by atoms with Gasteiger partial charge in [0.05, 0.1) is 24.0 Å². The molecule has 0 aliphatic carbocycles. The van der Waals surface area contributed by atoms with Gasteiger partial charge in [-0.1, -0.05) is 0 Å². The van der Waals surface area contributed by atoms with Crippen LogP contribution in [-0.4, -0.2) is 43.7 Å². The quantitative estimate of drug-likeness (QED) is 0.636. The third kappa shape index (κ3) is 3.63. The summed E-state index contributed by atoms with van der Waals surface area (Å²) in [4.78, 5) is 14.0. The van der Waals surface area contributed by atoms with Crippen molar-refractivity contribution in [2.75, 3.05) is 37.8 Å². The summed E-state index contributed by atoms with van der Waals surface area (Å²) in [5.74, 6) is -0.347. The molecular formula is C15H23N3O2. The average molecular weight is 277 g/mol. The van der Waals surface area contributed by atoms with Crippen molar-refractivity contribution in [3.05, 3.63) is 23.8 Å². The number of hydrogen-bond donors (Lipinski definition) is 2. The second-order valence-corrected chi connectivity index (χ2v) is 5.35. The van der Waals surface area contributed by atoms with Gasteiger partial charge in [0.25, 0.3) is 0 Å². The molecule has 0 amide bonds. The second kappa shape index (κ2) is 6.61. The number of methoxy groups -OCH3 is 1. The summed E-state index contributed by atoms with van der Waals surface area (Å²) < 4.78 is 4.73. The lowest BCUT2D eigenvalue weighted by Gasteiger charge is -2.23. The highest BCUT2D eigenvalue weighted by Gasteiger charge is 2.15. The molecule has 110 valence electrons. The summed E-state index contributed by atoms with van der Waals surface area (Å²) >= 11 is 0. The SMILES string of the molecule is COC(=O)c1ccc(N)c(NC(C)CN2CCCC2)c1. The zero-order valence-corrected chi connectivity index (χ0v) is 12.2. The highest BCUT2D eigenvalue weighted by Crippen LogP contribution is 2.22. The van der Waals surface area contributed by atoms with E-state index in [1.165, 1.54) is 33.0 Å². The van der Waals surface area contributed by atoms with Crippen molar-refractivity contribution in [1.82, 2.24) is 4.90 Å². The van der Waals surface area contributed by atoms with Gasteiger partial charge >= 0.3 is 5.97 Å². The minimum absolute atomic E-state index is 0.281. The van der Waals surface area contributed by atoms with Crippen molar-refractivity contribution in [2.24, 2.45) is 0 Å². The summed E-state index contributed by atoms with van der Waals surface area (Å²) in [5, 5.41) is 3.38. The third-order valence-electron chi connectivity index (χ3n) is 3.61. The summed E-state index contributed by atoms with van der Waals surface area (Å²) in [6.07, 6.45) is 2.57. The van der Waals surface area contributed by atoms with Crippen LogP contribution in [0.4, 0.5) is 11.4 Å². The molecule has 2 rings (SSSR count). The number of anilines is 2. The van der Waals surface area contributed by atoms with E-state index in [1.54, 1.807) is 18.2 Å². The van der Waals surface area contributed by atoms with Crippen LogP contribution in [0.5, 0.6) is 0 Å². The van der Waals surface area contributed by atoms with Gasteiger partial charge in [0.15, 0.2) is 0 Å². The standard InChI is InChI=1S/C15H23N3O2/c1-11(10-18-7-3-4-8-18)17-14-9-12(15(19)20-2)5-6-13(14)16/h5-6,9,11,17H,3-4,7-8,10,16H2,1-2H3. The molecule has 3 N–H and O–H groups in total. The Bertz CT molecular complexity index is 470. The fourth-order valence-corrected chi connectivity index (χ4v) is 2.59. The molecular weight excluding hydrogens is 254 g/mol. The first-order valence-electron chi connectivity index (χ1n) is 7.07. The number of ether oxygens (including phenoxy) is 1. The lowest BCUT2D eigenvalue weighted by molar-refractivity contribution is 0.0601. The van der Waals surface area contributed by atoms with Gasteiger partial charge < -0.3 is 20.7 Å². The molecule has 1 aliphatic rings. The monoisotopic (exact) mass is 277 g/mol. The predicted molar refractivity (Wildman–Crippen MR) is 81.0 cm³/mol. The lowest BCUT2D eigenvalue weighted by atomic mass is 10.1. The van der Waals surface area contributed by atoms with E-state index in [0.717, 1.165) is 12.2 Å². The maximum Gasteiger partial charge on any atom is 0.337 e. The fourth-order valence-electron chi connectivity index (χ4n) is 2.59. The summed E-state index contributed by atoms with van der Waals surface area (Å²) in [6, 6.07) is 5.44. The molecule has 5 heteroatoms. The molecule has 1 aliphatic heterocycles. The number of hydrogen-bond acceptors (Lipinski definition) is 5. The number of benzene rings is 1. The van der Waals surface area contributed by atoms with E-state index in [-0.39, 0.29) is 12.0 Å². The van der Waals surface area contributed by atoms with Crippen LogP contribution in [0, 0.1) is 0 Å². The van der Waals surface area contributed by atoms with Gasteiger partial charge in [-0.25, -0.2) is 4.79 Å². The number of likely N-dealkylation sites (tertiary alicyclic amines) is 1. The van der Waals surface area contributed by atoms with Gasteiger partial charge in [-0.05, 0) is 51.1 Å². The predicted octanol–water partition coefficient (Wildman–Crippen LogP) is 1.95. The van der Waals surface area contributed by atoms with Crippen molar-refractivity contribution >= 4 is 17.3 Å². The number of rotatable bonds is 5. The van der Waals surface area contributed by atoms with E-state index in [0.29, 0.717) is 11.3 Å². The Labute approximate surface area is 120 Å². The molecule has 20 heavy (non-hydrogen) atoms. The molecule has 0 radical (unpaired) electrons. The third-order valence-corrected chi connectivity index (χ3v) is 3.61. The molecule has 0 aromatic heterocycles. The Morgan fingerprint density at radius 3 is 2.80 bits per heavy atom. The molecule has 5 nitrogen and oxygen atoms in total. The Hall–Kier alpha value is -1.75. The van der Waals surface area contributed by atoms with E-state index in [1.807, 2.05) is 0 Å². The highest BCUT2D eigenvalue weighted by atomic mass is 16.5. The first-order valence-corrected chi connectivity index (χ1v) is 7.07. The Kier molecular flexibility index (Phi) is 4.84.